The van der Waals surface area contributed by atoms with Gasteiger partial charge in [-0.25, -0.2) is 0 Å². The van der Waals surface area contributed by atoms with E-state index in [4.69, 9.17) is 4.74 Å². The van der Waals surface area contributed by atoms with Gasteiger partial charge in [0.05, 0.1) is 6.61 Å². The summed E-state index contributed by atoms with van der Waals surface area (Å²) >= 11 is 1.94. The van der Waals surface area contributed by atoms with Crippen LogP contribution in [0.4, 0.5) is 0 Å². The maximum atomic E-state index is 4.95. The molecule has 0 aromatic heterocycles. The minimum absolute atomic E-state index is 0.660. The predicted molar refractivity (Wildman–Crippen MR) is 57.0 cm³/mol. The molecule has 0 saturated heterocycles. The van der Waals surface area contributed by atoms with Crippen molar-refractivity contribution >= 4 is 11.8 Å². The number of ether oxygens (including phenoxy) is 1. The van der Waals surface area contributed by atoms with Crippen molar-refractivity contribution < 1.29 is 4.74 Å². The number of methoxy groups -OCH3 is 1. The molecular formula is C9H21NOS. The second kappa shape index (κ2) is 9.36. The third-order valence-electron chi connectivity index (χ3n) is 1.78. The highest BCUT2D eigenvalue weighted by Gasteiger charge is 1.95. The smallest absolute Gasteiger partial charge is 0.0552 e. The quantitative estimate of drug-likeness (QED) is 0.591. The molecule has 0 aromatic rings. The van der Waals surface area contributed by atoms with Crippen LogP contribution in [0.25, 0.3) is 0 Å². The Morgan fingerprint density at radius 3 is 2.75 bits per heavy atom. The van der Waals surface area contributed by atoms with Gasteiger partial charge in [-0.15, -0.1) is 0 Å². The molecule has 0 aliphatic rings. The Labute approximate surface area is 80.4 Å². The molecule has 0 radical (unpaired) electrons. The fourth-order valence-electron chi connectivity index (χ4n) is 0.766. The van der Waals surface area contributed by atoms with Crippen LogP contribution in [0, 0.1) is 0 Å². The van der Waals surface area contributed by atoms with Crippen LogP contribution < -0.4 is 5.32 Å². The molecule has 0 spiro atoms. The summed E-state index contributed by atoms with van der Waals surface area (Å²) in [6, 6.07) is 0.660. The summed E-state index contributed by atoms with van der Waals surface area (Å²) in [6.07, 6.45) is 1.21. The van der Waals surface area contributed by atoms with E-state index in [9.17, 15) is 0 Å². The Kier molecular flexibility index (Phi) is 9.57. The summed E-state index contributed by atoms with van der Waals surface area (Å²) in [6.45, 7) is 6.41. The molecule has 1 N–H and O–H groups in total. The molecular weight excluding hydrogens is 170 g/mol. The Balaban J connectivity index is 2.90. The lowest BCUT2D eigenvalue weighted by Crippen LogP contribution is -2.27. The van der Waals surface area contributed by atoms with Gasteiger partial charge in [0.2, 0.25) is 0 Å². The van der Waals surface area contributed by atoms with E-state index in [0.717, 1.165) is 18.9 Å². The van der Waals surface area contributed by atoms with E-state index in [2.05, 4.69) is 19.2 Å². The standard InChI is InChI=1S/C9H21NOS/c1-4-9(2)10-5-7-12-8-6-11-3/h9-10H,4-8H2,1-3H3. The van der Waals surface area contributed by atoms with Crippen molar-refractivity contribution in [2.24, 2.45) is 0 Å². The van der Waals surface area contributed by atoms with Crippen LogP contribution in [-0.4, -0.2) is 37.8 Å². The zero-order chi connectivity index (χ0) is 9.23. The summed E-state index contributed by atoms with van der Waals surface area (Å²) in [5.74, 6) is 2.30. The second-order valence-electron chi connectivity index (χ2n) is 2.87. The van der Waals surface area contributed by atoms with E-state index >= 15 is 0 Å². The lowest BCUT2D eigenvalue weighted by molar-refractivity contribution is 0.218. The first-order valence-corrected chi connectivity index (χ1v) is 5.76. The first-order valence-electron chi connectivity index (χ1n) is 4.61. The average molecular weight is 191 g/mol. The summed E-state index contributed by atoms with van der Waals surface area (Å²) < 4.78 is 4.95. The Morgan fingerprint density at radius 1 is 1.42 bits per heavy atom. The number of hydrogen-bond acceptors (Lipinski definition) is 3. The molecule has 3 heteroatoms. The highest BCUT2D eigenvalue weighted by molar-refractivity contribution is 7.99. The summed E-state index contributed by atoms with van der Waals surface area (Å²) in [5.41, 5.74) is 0. The van der Waals surface area contributed by atoms with Crippen LogP contribution in [0.2, 0.25) is 0 Å². The topological polar surface area (TPSA) is 21.3 Å². The van der Waals surface area contributed by atoms with Crippen molar-refractivity contribution in [3.8, 4) is 0 Å². The van der Waals surface area contributed by atoms with Gasteiger partial charge in [0.1, 0.15) is 0 Å². The van der Waals surface area contributed by atoms with Crippen LogP contribution >= 0.6 is 11.8 Å². The molecule has 74 valence electrons. The Morgan fingerprint density at radius 2 is 2.17 bits per heavy atom. The van der Waals surface area contributed by atoms with Crippen molar-refractivity contribution in [2.45, 2.75) is 26.3 Å². The molecule has 2 nitrogen and oxygen atoms in total. The van der Waals surface area contributed by atoms with Gasteiger partial charge in [-0.2, -0.15) is 11.8 Å². The normalized spacial score (nSPS) is 13.2. The van der Waals surface area contributed by atoms with Gasteiger partial charge in [0.25, 0.3) is 0 Å². The largest absolute Gasteiger partial charge is 0.384 e. The first kappa shape index (κ1) is 12.3. The van der Waals surface area contributed by atoms with Crippen LogP contribution in [0.1, 0.15) is 20.3 Å². The number of rotatable bonds is 8. The Bertz CT molecular complexity index is 90.6. The van der Waals surface area contributed by atoms with E-state index in [-0.39, 0.29) is 0 Å². The number of nitrogens with one attached hydrogen (secondary N) is 1. The van der Waals surface area contributed by atoms with Gasteiger partial charge in [-0.05, 0) is 13.3 Å². The molecule has 0 heterocycles. The van der Waals surface area contributed by atoms with Crippen molar-refractivity contribution in [2.75, 3.05) is 31.8 Å². The third kappa shape index (κ3) is 8.37. The highest BCUT2D eigenvalue weighted by Crippen LogP contribution is 1.97. The van der Waals surface area contributed by atoms with Gasteiger partial charge < -0.3 is 10.1 Å². The van der Waals surface area contributed by atoms with Crippen molar-refractivity contribution in [1.29, 1.82) is 0 Å². The average Bonchev–Trinajstić information content (AvgIpc) is 2.10. The maximum absolute atomic E-state index is 4.95. The SMILES string of the molecule is CCC(C)NCCSCCOC. The minimum atomic E-state index is 0.660. The molecule has 1 atom stereocenters. The van der Waals surface area contributed by atoms with Gasteiger partial charge in [-0.3, -0.25) is 0 Å². The molecule has 1 unspecified atom stereocenters. The lowest BCUT2D eigenvalue weighted by atomic mass is 10.3. The van der Waals surface area contributed by atoms with E-state index in [1.807, 2.05) is 11.8 Å². The zero-order valence-corrected chi connectivity index (χ0v) is 9.25. The highest BCUT2D eigenvalue weighted by atomic mass is 32.2. The van der Waals surface area contributed by atoms with E-state index < -0.39 is 0 Å². The minimum Gasteiger partial charge on any atom is -0.384 e. The molecule has 12 heavy (non-hydrogen) atoms. The molecule has 0 rings (SSSR count). The van der Waals surface area contributed by atoms with Gasteiger partial charge in [0.15, 0.2) is 0 Å². The molecule has 0 aliphatic heterocycles. The zero-order valence-electron chi connectivity index (χ0n) is 8.43. The van der Waals surface area contributed by atoms with Gasteiger partial charge in [-0.1, -0.05) is 6.92 Å². The number of hydrogen-bond donors (Lipinski definition) is 1. The third-order valence-corrected chi connectivity index (χ3v) is 2.73. The van der Waals surface area contributed by atoms with Gasteiger partial charge >= 0.3 is 0 Å². The maximum Gasteiger partial charge on any atom is 0.0552 e. The van der Waals surface area contributed by atoms with Crippen LogP contribution in [0.5, 0.6) is 0 Å². The van der Waals surface area contributed by atoms with Crippen LogP contribution in [0.15, 0.2) is 0 Å². The fraction of sp³-hybridized carbons (Fsp3) is 1.00. The molecule has 0 saturated carbocycles. The van der Waals surface area contributed by atoms with E-state index in [1.54, 1.807) is 7.11 Å². The monoisotopic (exact) mass is 191 g/mol. The van der Waals surface area contributed by atoms with Crippen molar-refractivity contribution in [3.63, 3.8) is 0 Å². The van der Waals surface area contributed by atoms with Crippen molar-refractivity contribution in [1.82, 2.24) is 5.32 Å². The summed E-state index contributed by atoms with van der Waals surface area (Å²) in [4.78, 5) is 0. The number of thioether (sulfide) groups is 1. The summed E-state index contributed by atoms with van der Waals surface area (Å²) in [7, 11) is 1.75. The molecule has 0 aromatic carbocycles. The molecule has 0 amide bonds. The first-order chi connectivity index (χ1) is 5.81. The van der Waals surface area contributed by atoms with E-state index in [1.165, 1.54) is 12.2 Å². The second-order valence-corrected chi connectivity index (χ2v) is 4.09. The predicted octanol–water partition coefficient (Wildman–Crippen LogP) is 1.75. The Hall–Kier alpha value is 0.270. The molecule has 0 bridgehead atoms. The fourth-order valence-corrected chi connectivity index (χ4v) is 1.52. The molecule has 0 fully saturated rings. The van der Waals surface area contributed by atoms with E-state index in [0.29, 0.717) is 6.04 Å². The summed E-state index contributed by atoms with van der Waals surface area (Å²) in [5, 5.41) is 3.45. The van der Waals surface area contributed by atoms with Gasteiger partial charge in [0, 0.05) is 31.2 Å². The van der Waals surface area contributed by atoms with Crippen LogP contribution in [0.3, 0.4) is 0 Å². The van der Waals surface area contributed by atoms with Crippen molar-refractivity contribution in [3.05, 3.63) is 0 Å². The lowest BCUT2D eigenvalue weighted by Gasteiger charge is -2.10. The van der Waals surface area contributed by atoms with Crippen LogP contribution in [-0.2, 0) is 4.74 Å². The molecule has 0 aliphatic carbocycles.